The zero-order valence-electron chi connectivity index (χ0n) is 23.3. The monoisotopic (exact) mass is 626 g/mol. The van der Waals surface area contributed by atoms with Gasteiger partial charge in [0.25, 0.3) is 5.91 Å². The minimum absolute atomic E-state index is 0.130. The molecule has 2 aromatic heterocycles. The molecular formula is C29H30N4O6S3. The van der Waals surface area contributed by atoms with E-state index in [0.717, 1.165) is 31.2 Å². The number of nitrogens with one attached hydrogen (secondary N) is 1. The molecule has 2 aromatic carbocycles. The molecule has 0 saturated carbocycles. The van der Waals surface area contributed by atoms with Crippen molar-refractivity contribution >= 4 is 59.9 Å². The van der Waals surface area contributed by atoms with Gasteiger partial charge in [0.05, 0.1) is 41.0 Å². The number of morpholine rings is 1. The van der Waals surface area contributed by atoms with Gasteiger partial charge in [0.15, 0.2) is 0 Å². The average Bonchev–Trinajstić information content (AvgIpc) is 3.56. The molecule has 1 saturated heterocycles. The van der Waals surface area contributed by atoms with Gasteiger partial charge in [0.1, 0.15) is 10.0 Å². The molecular weight excluding hydrogens is 597 g/mol. The molecule has 1 fully saturated rings. The van der Waals surface area contributed by atoms with Gasteiger partial charge < -0.3 is 19.7 Å². The van der Waals surface area contributed by atoms with Gasteiger partial charge in [-0.2, -0.15) is 4.31 Å². The summed E-state index contributed by atoms with van der Waals surface area (Å²) in [6.07, 6.45) is -0.186. The number of sulfonamides is 1. The Morgan fingerprint density at radius 1 is 1.05 bits per heavy atom. The van der Waals surface area contributed by atoms with E-state index in [9.17, 15) is 18.0 Å². The summed E-state index contributed by atoms with van der Waals surface area (Å²) in [5, 5.41) is 4.49. The maximum atomic E-state index is 13.5. The number of amides is 2. The number of methoxy groups -OCH3 is 1. The van der Waals surface area contributed by atoms with E-state index >= 15 is 0 Å². The second kappa shape index (κ2) is 11.4. The van der Waals surface area contributed by atoms with Crippen LogP contribution in [0.25, 0.3) is 20.8 Å². The number of carbonyl (C=O) groups excluding carboxylic acids is 2. The van der Waals surface area contributed by atoms with Crippen molar-refractivity contribution in [3.8, 4) is 10.6 Å². The Hall–Kier alpha value is -3.36. The normalized spacial score (nSPS) is 19.5. The summed E-state index contributed by atoms with van der Waals surface area (Å²) in [5.74, 6) is -0.363. The van der Waals surface area contributed by atoms with Crippen LogP contribution in [-0.2, 0) is 32.5 Å². The molecule has 10 nitrogen and oxygen atoms in total. The number of nitrogens with zero attached hydrogens (tertiary/aromatic N) is 3. The van der Waals surface area contributed by atoms with Crippen molar-refractivity contribution in [2.75, 3.05) is 32.1 Å². The van der Waals surface area contributed by atoms with Gasteiger partial charge in [-0.15, -0.1) is 22.7 Å². The molecule has 0 aliphatic carbocycles. The van der Waals surface area contributed by atoms with Crippen molar-refractivity contribution in [3.05, 3.63) is 64.5 Å². The number of rotatable bonds is 5. The summed E-state index contributed by atoms with van der Waals surface area (Å²) in [6.45, 7) is 5.14. The molecule has 0 bridgehead atoms. The molecule has 1 N–H and O–H groups in total. The number of anilines is 1. The number of benzene rings is 2. The van der Waals surface area contributed by atoms with Gasteiger partial charge in [-0.05, 0) is 62.2 Å². The highest BCUT2D eigenvalue weighted by Gasteiger charge is 2.33. The minimum Gasteiger partial charge on any atom is -0.453 e. The smallest absolute Gasteiger partial charge is 0.409 e. The summed E-state index contributed by atoms with van der Waals surface area (Å²) in [4.78, 5) is 33.3. The topological polar surface area (TPSA) is 118 Å². The molecule has 220 valence electrons. The second-order valence-electron chi connectivity index (χ2n) is 10.4. The summed E-state index contributed by atoms with van der Waals surface area (Å²) in [5.41, 5.74) is 3.13. The lowest BCUT2D eigenvalue weighted by Gasteiger charge is -2.34. The first-order valence-electron chi connectivity index (χ1n) is 13.5. The van der Waals surface area contributed by atoms with Gasteiger partial charge in [0, 0.05) is 35.6 Å². The summed E-state index contributed by atoms with van der Waals surface area (Å²) < 4.78 is 39.6. The molecule has 4 heterocycles. The van der Waals surface area contributed by atoms with Crippen LogP contribution in [0.5, 0.6) is 0 Å². The molecule has 2 unspecified atom stereocenters. The second-order valence-corrected chi connectivity index (χ2v) is 14.5. The zero-order valence-corrected chi connectivity index (χ0v) is 25.8. The largest absolute Gasteiger partial charge is 0.453 e. The summed E-state index contributed by atoms with van der Waals surface area (Å²) >= 11 is 2.97. The maximum Gasteiger partial charge on any atom is 0.409 e. The number of hydrogen-bond acceptors (Lipinski definition) is 9. The van der Waals surface area contributed by atoms with Crippen LogP contribution in [0, 0.1) is 0 Å². The third-order valence-electron chi connectivity index (χ3n) is 7.36. The summed E-state index contributed by atoms with van der Waals surface area (Å²) in [7, 11) is -2.36. The molecule has 0 spiro atoms. The zero-order chi connectivity index (χ0) is 29.6. The maximum absolute atomic E-state index is 13.5. The van der Waals surface area contributed by atoms with Crippen LogP contribution in [0.2, 0.25) is 0 Å². The van der Waals surface area contributed by atoms with Crippen LogP contribution < -0.4 is 5.32 Å². The fraction of sp³-hybridized carbons (Fsp3) is 0.345. The Balaban J connectivity index is 1.29. The molecule has 0 radical (unpaired) electrons. The predicted molar refractivity (Wildman–Crippen MR) is 163 cm³/mol. The minimum atomic E-state index is -3.73. The standard InChI is InChI=1S/C29H30N4O6S3/c1-17-14-33(15-18(2)39-17)42(36,37)20-10-8-19(9-11-20)26(34)31-28-25(27-30-22-6-4-5-7-23(22)40-27)21-12-13-32(29(35)38-3)16-24(21)41-28/h4-11,17-18H,12-16H2,1-3H3,(H,31,34). The van der Waals surface area contributed by atoms with Crippen molar-refractivity contribution in [1.29, 1.82) is 0 Å². The van der Waals surface area contributed by atoms with Crippen LogP contribution in [0.4, 0.5) is 9.80 Å². The van der Waals surface area contributed by atoms with Crippen LogP contribution in [0.1, 0.15) is 34.6 Å². The Bertz CT molecular complexity index is 1720. The fourth-order valence-electron chi connectivity index (χ4n) is 5.41. The van der Waals surface area contributed by atoms with E-state index in [1.807, 2.05) is 38.1 Å². The van der Waals surface area contributed by atoms with Crippen molar-refractivity contribution in [3.63, 3.8) is 0 Å². The first-order chi connectivity index (χ1) is 20.1. The number of thiophene rings is 1. The van der Waals surface area contributed by atoms with Crippen LogP contribution in [0.3, 0.4) is 0 Å². The van der Waals surface area contributed by atoms with Gasteiger partial charge in [0.2, 0.25) is 10.0 Å². The Morgan fingerprint density at radius 2 is 1.76 bits per heavy atom. The molecule has 42 heavy (non-hydrogen) atoms. The molecule has 13 heteroatoms. The van der Waals surface area contributed by atoms with Crippen molar-refractivity contribution < 1.29 is 27.5 Å². The highest BCUT2D eigenvalue weighted by atomic mass is 32.2. The number of aromatic nitrogens is 1. The first kappa shape index (κ1) is 28.7. The Labute approximate surface area is 251 Å². The number of para-hydroxylation sites is 1. The third kappa shape index (κ3) is 5.42. The highest BCUT2D eigenvalue weighted by molar-refractivity contribution is 7.89. The van der Waals surface area contributed by atoms with Crippen LogP contribution in [-0.4, -0.2) is 73.6 Å². The van der Waals surface area contributed by atoms with Crippen molar-refractivity contribution in [1.82, 2.24) is 14.2 Å². The van der Waals surface area contributed by atoms with Crippen LogP contribution in [0.15, 0.2) is 53.4 Å². The SMILES string of the molecule is COC(=O)N1CCc2c(sc(NC(=O)c3ccc(S(=O)(=O)N4CC(C)OC(C)C4)cc3)c2-c2nc3ccccc3s2)C1. The molecule has 2 aliphatic rings. The van der Waals surface area contributed by atoms with Gasteiger partial charge in [-0.25, -0.2) is 18.2 Å². The molecule has 2 atom stereocenters. The number of thiazole rings is 1. The van der Waals surface area contributed by atoms with Crippen LogP contribution >= 0.6 is 22.7 Å². The number of ether oxygens (including phenoxy) is 2. The Kier molecular flexibility index (Phi) is 7.79. The number of hydrogen-bond donors (Lipinski definition) is 1. The van der Waals surface area contributed by atoms with E-state index in [2.05, 4.69) is 5.32 Å². The van der Waals surface area contributed by atoms with E-state index in [1.165, 1.54) is 47.0 Å². The first-order valence-corrected chi connectivity index (χ1v) is 16.6. The number of carbonyl (C=O) groups is 2. The van der Waals surface area contributed by atoms with E-state index in [-0.39, 0.29) is 36.1 Å². The van der Waals surface area contributed by atoms with Gasteiger partial charge in [-0.1, -0.05) is 12.1 Å². The van der Waals surface area contributed by atoms with Gasteiger partial charge in [-0.3, -0.25) is 4.79 Å². The molecule has 6 rings (SSSR count). The molecule has 4 aromatic rings. The Morgan fingerprint density at radius 3 is 2.45 bits per heavy atom. The highest BCUT2D eigenvalue weighted by Crippen LogP contribution is 2.46. The van der Waals surface area contributed by atoms with Crippen molar-refractivity contribution in [2.24, 2.45) is 0 Å². The fourth-order valence-corrected chi connectivity index (χ4v) is 9.37. The number of fused-ring (bicyclic) bond motifs is 2. The predicted octanol–water partition coefficient (Wildman–Crippen LogP) is 5.20. The lowest BCUT2D eigenvalue weighted by Crippen LogP contribution is -2.48. The average molecular weight is 627 g/mol. The third-order valence-corrected chi connectivity index (χ3v) is 11.4. The lowest BCUT2D eigenvalue weighted by atomic mass is 10.0. The quantitative estimate of drug-likeness (QED) is 0.324. The van der Waals surface area contributed by atoms with E-state index in [0.29, 0.717) is 30.1 Å². The van der Waals surface area contributed by atoms with E-state index in [1.54, 1.807) is 16.2 Å². The van der Waals surface area contributed by atoms with E-state index in [4.69, 9.17) is 14.5 Å². The van der Waals surface area contributed by atoms with Crippen molar-refractivity contribution in [2.45, 2.75) is 43.9 Å². The summed E-state index contributed by atoms with van der Waals surface area (Å²) in [6, 6.07) is 13.9. The molecule has 2 amide bonds. The molecule has 2 aliphatic heterocycles. The lowest BCUT2D eigenvalue weighted by molar-refractivity contribution is -0.0440. The van der Waals surface area contributed by atoms with E-state index < -0.39 is 16.1 Å². The van der Waals surface area contributed by atoms with Gasteiger partial charge >= 0.3 is 6.09 Å².